The second-order valence-corrected chi connectivity index (χ2v) is 6.05. The second kappa shape index (κ2) is 9.72. The van der Waals surface area contributed by atoms with Crippen LogP contribution in [0, 0.1) is 5.92 Å². The van der Waals surface area contributed by atoms with E-state index in [0.717, 1.165) is 5.69 Å². The molecular weight excluding hydrogens is 334 g/mol. The number of carboxylic acids is 1. The van der Waals surface area contributed by atoms with Crippen LogP contribution in [-0.4, -0.2) is 58.0 Å². The maximum Gasteiger partial charge on any atom is 0.308 e. The van der Waals surface area contributed by atoms with E-state index in [-0.39, 0.29) is 12.5 Å². The smallest absolute Gasteiger partial charge is 0.308 e. The van der Waals surface area contributed by atoms with Crippen LogP contribution in [-0.2, 0) is 9.53 Å². The summed E-state index contributed by atoms with van der Waals surface area (Å²) in [6, 6.07) is 9.49. The van der Waals surface area contributed by atoms with Crippen LogP contribution in [0.2, 0.25) is 0 Å². The van der Waals surface area contributed by atoms with Crippen molar-refractivity contribution in [3.8, 4) is 5.69 Å². The molecule has 7 heteroatoms. The summed E-state index contributed by atoms with van der Waals surface area (Å²) in [5.41, 5.74) is 1.29. The first-order valence-corrected chi connectivity index (χ1v) is 8.72. The highest BCUT2D eigenvalue weighted by atomic mass is 16.5. The number of ether oxygens (including phenoxy) is 1. The average Bonchev–Trinajstić information content (AvgIpc) is 3.14. The Morgan fingerprint density at radius 3 is 2.69 bits per heavy atom. The normalized spacial score (nSPS) is 11.9. The predicted molar refractivity (Wildman–Crippen MR) is 97.4 cm³/mol. The lowest BCUT2D eigenvalue weighted by Gasteiger charge is -2.24. The molecule has 1 atom stereocenters. The number of nitrogens with zero attached hydrogens (tertiary/aromatic N) is 3. The van der Waals surface area contributed by atoms with Gasteiger partial charge in [0, 0.05) is 32.5 Å². The van der Waals surface area contributed by atoms with E-state index in [1.165, 1.54) is 6.20 Å². The summed E-state index contributed by atoms with van der Waals surface area (Å²) in [5.74, 6) is -1.79. The van der Waals surface area contributed by atoms with Gasteiger partial charge in [-0.3, -0.25) is 9.59 Å². The van der Waals surface area contributed by atoms with Crippen LogP contribution in [0.3, 0.4) is 0 Å². The number of carbonyl (C=O) groups excluding carboxylic acids is 1. The molecule has 0 spiro atoms. The van der Waals surface area contributed by atoms with Gasteiger partial charge in [-0.05, 0) is 25.5 Å². The number of para-hydroxylation sites is 1. The minimum atomic E-state index is -0.924. The second-order valence-electron chi connectivity index (χ2n) is 6.05. The number of aromatic nitrogens is 2. The van der Waals surface area contributed by atoms with Gasteiger partial charge in [0.05, 0.1) is 23.4 Å². The van der Waals surface area contributed by atoms with Gasteiger partial charge in [-0.15, -0.1) is 0 Å². The van der Waals surface area contributed by atoms with E-state index in [4.69, 9.17) is 9.84 Å². The van der Waals surface area contributed by atoms with Crippen LogP contribution in [0.4, 0.5) is 0 Å². The molecule has 26 heavy (non-hydrogen) atoms. The fourth-order valence-corrected chi connectivity index (χ4v) is 2.52. The Labute approximate surface area is 153 Å². The Bertz CT molecular complexity index is 715. The summed E-state index contributed by atoms with van der Waals surface area (Å²) in [4.78, 5) is 25.6. The van der Waals surface area contributed by atoms with Crippen LogP contribution in [0.15, 0.2) is 42.7 Å². The lowest BCUT2D eigenvalue weighted by atomic mass is 10.1. The maximum atomic E-state index is 12.9. The quantitative estimate of drug-likeness (QED) is 0.659. The molecule has 0 saturated carbocycles. The maximum absolute atomic E-state index is 12.9. The van der Waals surface area contributed by atoms with E-state index in [2.05, 4.69) is 5.10 Å². The molecule has 0 aliphatic carbocycles. The van der Waals surface area contributed by atoms with Crippen LogP contribution >= 0.6 is 0 Å². The fourth-order valence-electron chi connectivity index (χ4n) is 2.52. The van der Waals surface area contributed by atoms with E-state index >= 15 is 0 Å². The van der Waals surface area contributed by atoms with Gasteiger partial charge in [0.1, 0.15) is 0 Å². The highest BCUT2D eigenvalue weighted by Crippen LogP contribution is 2.12. The van der Waals surface area contributed by atoms with Gasteiger partial charge in [0.25, 0.3) is 5.91 Å². The molecule has 1 heterocycles. The number of benzene rings is 1. The lowest BCUT2D eigenvalue weighted by Crippen LogP contribution is -2.38. The van der Waals surface area contributed by atoms with Crippen molar-refractivity contribution in [3.63, 3.8) is 0 Å². The highest BCUT2D eigenvalue weighted by Gasteiger charge is 2.22. The van der Waals surface area contributed by atoms with E-state index in [1.54, 1.807) is 22.7 Å². The van der Waals surface area contributed by atoms with Crippen molar-refractivity contribution in [3.05, 3.63) is 48.3 Å². The third-order valence-corrected chi connectivity index (χ3v) is 3.97. The molecular formula is C19H25N3O4. The summed E-state index contributed by atoms with van der Waals surface area (Å²) in [7, 11) is 0. The predicted octanol–water partition coefficient (Wildman–Crippen LogP) is 2.46. The first kappa shape index (κ1) is 19.7. The number of carbonyl (C=O) groups is 2. The number of carboxylic acid groups (broad SMARTS) is 1. The van der Waals surface area contributed by atoms with Gasteiger partial charge in [-0.1, -0.05) is 25.1 Å². The Morgan fingerprint density at radius 1 is 1.31 bits per heavy atom. The van der Waals surface area contributed by atoms with Crippen LogP contribution < -0.4 is 0 Å². The molecule has 1 amide bonds. The zero-order chi connectivity index (χ0) is 18.9. The largest absolute Gasteiger partial charge is 0.481 e. The molecule has 0 aliphatic heterocycles. The molecule has 0 aliphatic rings. The Morgan fingerprint density at radius 2 is 2.04 bits per heavy atom. The van der Waals surface area contributed by atoms with Crippen molar-refractivity contribution in [1.29, 1.82) is 0 Å². The average molecular weight is 359 g/mol. The van der Waals surface area contributed by atoms with E-state index in [9.17, 15) is 9.59 Å². The van der Waals surface area contributed by atoms with Crippen molar-refractivity contribution < 1.29 is 19.4 Å². The Balaban J connectivity index is 2.11. The topological polar surface area (TPSA) is 84.7 Å². The third kappa shape index (κ3) is 5.42. The van der Waals surface area contributed by atoms with Crippen LogP contribution in [0.25, 0.3) is 5.69 Å². The van der Waals surface area contributed by atoms with Crippen molar-refractivity contribution in [2.45, 2.75) is 20.3 Å². The van der Waals surface area contributed by atoms with Crippen molar-refractivity contribution in [1.82, 2.24) is 14.7 Å². The number of rotatable bonds is 10. The van der Waals surface area contributed by atoms with Gasteiger partial charge in [-0.25, -0.2) is 4.68 Å². The third-order valence-electron chi connectivity index (χ3n) is 3.97. The molecule has 1 N–H and O–H groups in total. The summed E-state index contributed by atoms with van der Waals surface area (Å²) >= 11 is 0. The number of aliphatic carboxylic acids is 1. The van der Waals surface area contributed by atoms with Gasteiger partial charge < -0.3 is 14.7 Å². The zero-order valence-corrected chi connectivity index (χ0v) is 15.2. The number of hydrogen-bond acceptors (Lipinski definition) is 4. The minimum absolute atomic E-state index is 0.150. The first-order chi connectivity index (χ1) is 12.5. The van der Waals surface area contributed by atoms with Crippen molar-refractivity contribution >= 4 is 11.9 Å². The highest BCUT2D eigenvalue weighted by molar-refractivity contribution is 5.94. The van der Waals surface area contributed by atoms with Gasteiger partial charge >= 0.3 is 5.97 Å². The summed E-state index contributed by atoms with van der Waals surface area (Å²) in [6.07, 6.45) is 3.83. The van der Waals surface area contributed by atoms with Gasteiger partial charge in [0.2, 0.25) is 0 Å². The Kier molecular flexibility index (Phi) is 7.35. The van der Waals surface area contributed by atoms with Crippen LogP contribution in [0.1, 0.15) is 30.6 Å². The first-order valence-electron chi connectivity index (χ1n) is 8.72. The number of amides is 1. The molecule has 1 aromatic carbocycles. The lowest BCUT2D eigenvalue weighted by molar-refractivity contribution is -0.141. The monoisotopic (exact) mass is 359 g/mol. The number of hydrogen-bond donors (Lipinski definition) is 1. The molecule has 1 aromatic heterocycles. The summed E-state index contributed by atoms with van der Waals surface area (Å²) in [5, 5.41) is 13.4. The minimum Gasteiger partial charge on any atom is -0.481 e. The molecule has 0 saturated heterocycles. The molecule has 7 nitrogen and oxygen atoms in total. The van der Waals surface area contributed by atoms with Crippen molar-refractivity contribution in [2.75, 3.05) is 26.3 Å². The standard InChI is InChI=1S/C19H25N3O4/c1-3-26-11-7-10-21(13-15(2)19(24)25)18(23)16-12-20-22(14-16)17-8-5-4-6-9-17/h4-6,8-9,12,14-15H,3,7,10-11,13H2,1-2H3,(H,24,25). The molecule has 1 unspecified atom stereocenters. The SMILES string of the molecule is CCOCCCN(CC(C)C(=O)O)C(=O)c1cnn(-c2ccccc2)c1. The van der Waals surface area contributed by atoms with E-state index < -0.39 is 11.9 Å². The fraction of sp³-hybridized carbons (Fsp3) is 0.421. The van der Waals surface area contributed by atoms with Gasteiger partial charge in [-0.2, -0.15) is 5.10 Å². The molecule has 0 fully saturated rings. The van der Waals surface area contributed by atoms with Gasteiger partial charge in [0.15, 0.2) is 0 Å². The molecule has 2 rings (SSSR count). The zero-order valence-electron chi connectivity index (χ0n) is 15.2. The van der Waals surface area contributed by atoms with Crippen LogP contribution in [0.5, 0.6) is 0 Å². The molecule has 0 radical (unpaired) electrons. The molecule has 2 aromatic rings. The van der Waals surface area contributed by atoms with E-state index in [0.29, 0.717) is 31.7 Å². The Hall–Kier alpha value is -2.67. The summed E-state index contributed by atoms with van der Waals surface area (Å²) < 4.78 is 6.94. The summed E-state index contributed by atoms with van der Waals surface area (Å²) in [6.45, 7) is 5.24. The van der Waals surface area contributed by atoms with E-state index in [1.807, 2.05) is 37.3 Å². The molecule has 0 bridgehead atoms. The van der Waals surface area contributed by atoms with Crippen molar-refractivity contribution in [2.24, 2.45) is 5.92 Å². The molecule has 140 valence electrons.